The van der Waals surface area contributed by atoms with Crippen molar-refractivity contribution in [1.29, 1.82) is 0 Å². The summed E-state index contributed by atoms with van der Waals surface area (Å²) in [7, 11) is 0. The molecule has 0 fully saturated rings. The highest BCUT2D eigenvalue weighted by atomic mass is 79.9. The largest absolute Gasteiger partial charge is 0.481 e. The lowest BCUT2D eigenvalue weighted by Crippen LogP contribution is -2.33. The van der Waals surface area contributed by atoms with Crippen LogP contribution in [0.25, 0.3) is 0 Å². The van der Waals surface area contributed by atoms with Gasteiger partial charge in [-0.1, -0.05) is 6.92 Å². The van der Waals surface area contributed by atoms with Gasteiger partial charge in [0.25, 0.3) is 5.91 Å². The van der Waals surface area contributed by atoms with E-state index in [1.165, 1.54) is 0 Å². The van der Waals surface area contributed by atoms with E-state index in [0.29, 0.717) is 18.7 Å². The number of hydrogen-bond acceptors (Lipinski definition) is 2. The highest BCUT2D eigenvalue weighted by molar-refractivity contribution is 9.10. The minimum absolute atomic E-state index is 0.150. The SMILES string of the molecule is CCC(CNC(=O)c1cc(Br)cn1CC)C(=O)O. The molecular weight excluding hydrogens is 300 g/mol. The number of hydrogen-bond donors (Lipinski definition) is 2. The Morgan fingerprint density at radius 3 is 2.67 bits per heavy atom. The molecule has 1 atom stereocenters. The lowest BCUT2D eigenvalue weighted by molar-refractivity contribution is -0.141. The molecule has 1 aromatic rings. The van der Waals surface area contributed by atoms with Crippen molar-refractivity contribution in [1.82, 2.24) is 9.88 Å². The summed E-state index contributed by atoms with van der Waals surface area (Å²) in [5, 5.41) is 11.6. The van der Waals surface area contributed by atoms with Crippen molar-refractivity contribution in [3.05, 3.63) is 22.4 Å². The molecule has 0 bridgehead atoms. The lowest BCUT2D eigenvalue weighted by Gasteiger charge is -2.12. The van der Waals surface area contributed by atoms with E-state index in [0.717, 1.165) is 4.47 Å². The molecule has 1 rings (SSSR count). The van der Waals surface area contributed by atoms with E-state index in [2.05, 4.69) is 21.2 Å². The number of carboxylic acids is 1. The Labute approximate surface area is 114 Å². The number of aryl methyl sites for hydroxylation is 1. The average molecular weight is 317 g/mol. The maximum absolute atomic E-state index is 11.9. The predicted molar refractivity (Wildman–Crippen MR) is 71.6 cm³/mol. The summed E-state index contributed by atoms with van der Waals surface area (Å²) in [5.74, 6) is -1.67. The van der Waals surface area contributed by atoms with E-state index >= 15 is 0 Å². The molecular formula is C12H17BrN2O3. The third kappa shape index (κ3) is 3.60. The van der Waals surface area contributed by atoms with E-state index < -0.39 is 11.9 Å². The van der Waals surface area contributed by atoms with E-state index in [-0.39, 0.29) is 12.5 Å². The fourth-order valence-corrected chi connectivity index (χ4v) is 2.10. The molecule has 0 saturated carbocycles. The van der Waals surface area contributed by atoms with E-state index in [4.69, 9.17) is 5.11 Å². The molecule has 0 radical (unpaired) electrons. The molecule has 1 aromatic heterocycles. The number of carbonyl (C=O) groups excluding carboxylic acids is 1. The Morgan fingerprint density at radius 1 is 1.50 bits per heavy atom. The first-order valence-corrected chi connectivity index (χ1v) is 6.65. The average Bonchev–Trinajstić information content (AvgIpc) is 2.70. The van der Waals surface area contributed by atoms with Crippen LogP contribution in [0.3, 0.4) is 0 Å². The van der Waals surface area contributed by atoms with Crippen LogP contribution < -0.4 is 5.32 Å². The van der Waals surface area contributed by atoms with Crippen LogP contribution in [0.15, 0.2) is 16.7 Å². The third-order valence-corrected chi connectivity index (χ3v) is 3.22. The van der Waals surface area contributed by atoms with Crippen LogP contribution in [-0.4, -0.2) is 28.1 Å². The van der Waals surface area contributed by atoms with Crippen LogP contribution in [0.1, 0.15) is 30.8 Å². The van der Waals surface area contributed by atoms with Crippen molar-refractivity contribution in [2.75, 3.05) is 6.54 Å². The molecule has 6 heteroatoms. The van der Waals surface area contributed by atoms with Gasteiger partial charge in [0.1, 0.15) is 5.69 Å². The normalized spacial score (nSPS) is 12.2. The van der Waals surface area contributed by atoms with Crippen LogP contribution in [-0.2, 0) is 11.3 Å². The number of carbonyl (C=O) groups is 2. The second-order valence-corrected chi connectivity index (χ2v) is 4.90. The number of aliphatic carboxylic acids is 1. The Balaban J connectivity index is 2.67. The highest BCUT2D eigenvalue weighted by Gasteiger charge is 2.18. The molecule has 0 spiro atoms. The van der Waals surface area contributed by atoms with E-state index in [1.54, 1.807) is 17.6 Å². The fourth-order valence-electron chi connectivity index (χ4n) is 1.64. The number of amides is 1. The molecule has 100 valence electrons. The Kier molecular flexibility index (Phi) is 5.40. The molecule has 0 aliphatic rings. The molecule has 18 heavy (non-hydrogen) atoms. The smallest absolute Gasteiger partial charge is 0.308 e. The van der Waals surface area contributed by atoms with Gasteiger partial charge in [0.2, 0.25) is 0 Å². The van der Waals surface area contributed by atoms with Crippen molar-refractivity contribution in [2.24, 2.45) is 5.92 Å². The van der Waals surface area contributed by atoms with Gasteiger partial charge in [-0.05, 0) is 35.3 Å². The van der Waals surface area contributed by atoms with Crippen molar-refractivity contribution in [2.45, 2.75) is 26.8 Å². The minimum atomic E-state index is -0.884. The molecule has 2 N–H and O–H groups in total. The van der Waals surface area contributed by atoms with Gasteiger partial charge in [-0.25, -0.2) is 0 Å². The number of nitrogens with one attached hydrogen (secondary N) is 1. The van der Waals surface area contributed by atoms with Gasteiger partial charge in [0.05, 0.1) is 5.92 Å². The second kappa shape index (κ2) is 6.58. The number of nitrogens with zero attached hydrogens (tertiary/aromatic N) is 1. The summed E-state index contributed by atoms with van der Waals surface area (Å²) in [4.78, 5) is 22.8. The maximum atomic E-state index is 11.9. The minimum Gasteiger partial charge on any atom is -0.481 e. The molecule has 5 nitrogen and oxygen atoms in total. The first kappa shape index (κ1) is 14.8. The zero-order valence-electron chi connectivity index (χ0n) is 10.4. The number of rotatable bonds is 6. The Hall–Kier alpha value is -1.30. The monoisotopic (exact) mass is 316 g/mol. The zero-order valence-corrected chi connectivity index (χ0v) is 12.0. The van der Waals surface area contributed by atoms with Crippen molar-refractivity contribution >= 4 is 27.8 Å². The fraction of sp³-hybridized carbons (Fsp3) is 0.500. The predicted octanol–water partition coefficient (Wildman–Crippen LogP) is 2.11. The van der Waals surface area contributed by atoms with Crippen LogP contribution in [0.4, 0.5) is 0 Å². The third-order valence-electron chi connectivity index (χ3n) is 2.79. The zero-order chi connectivity index (χ0) is 13.7. The van der Waals surface area contributed by atoms with E-state index in [9.17, 15) is 9.59 Å². The summed E-state index contributed by atoms with van der Waals surface area (Å²) < 4.78 is 2.64. The van der Waals surface area contributed by atoms with E-state index in [1.807, 2.05) is 13.1 Å². The Morgan fingerprint density at radius 2 is 2.17 bits per heavy atom. The van der Waals surface area contributed by atoms with Gasteiger partial charge in [0, 0.05) is 23.8 Å². The van der Waals surface area contributed by atoms with Gasteiger partial charge in [-0.15, -0.1) is 0 Å². The molecule has 0 aliphatic carbocycles. The van der Waals surface area contributed by atoms with Gasteiger partial charge < -0.3 is 15.0 Å². The molecule has 1 heterocycles. The standard InChI is InChI=1S/C12H17BrN2O3/c1-3-8(12(17)18)6-14-11(16)10-5-9(13)7-15(10)4-2/h5,7-8H,3-4,6H2,1-2H3,(H,14,16)(H,17,18). The van der Waals surface area contributed by atoms with Gasteiger partial charge in [-0.2, -0.15) is 0 Å². The maximum Gasteiger partial charge on any atom is 0.308 e. The van der Waals surface area contributed by atoms with Gasteiger partial charge in [-0.3, -0.25) is 9.59 Å². The highest BCUT2D eigenvalue weighted by Crippen LogP contribution is 2.15. The summed E-state index contributed by atoms with van der Waals surface area (Å²) in [5.41, 5.74) is 0.532. The summed E-state index contributed by atoms with van der Waals surface area (Å²) in [6.45, 7) is 4.56. The van der Waals surface area contributed by atoms with Crippen LogP contribution >= 0.6 is 15.9 Å². The quantitative estimate of drug-likeness (QED) is 0.844. The second-order valence-electron chi connectivity index (χ2n) is 3.98. The summed E-state index contributed by atoms with van der Waals surface area (Å²) in [6, 6.07) is 1.72. The first-order valence-electron chi connectivity index (χ1n) is 5.86. The summed E-state index contributed by atoms with van der Waals surface area (Å²) in [6.07, 6.45) is 2.32. The number of carboxylic acid groups (broad SMARTS) is 1. The molecule has 0 aromatic carbocycles. The summed E-state index contributed by atoms with van der Waals surface area (Å²) >= 11 is 3.31. The topological polar surface area (TPSA) is 71.3 Å². The Bertz CT molecular complexity index is 443. The van der Waals surface area contributed by atoms with Crippen LogP contribution in [0.2, 0.25) is 0 Å². The van der Waals surface area contributed by atoms with Crippen LogP contribution in [0, 0.1) is 5.92 Å². The number of aromatic nitrogens is 1. The lowest BCUT2D eigenvalue weighted by atomic mass is 10.1. The van der Waals surface area contributed by atoms with Crippen molar-refractivity contribution < 1.29 is 14.7 Å². The van der Waals surface area contributed by atoms with Crippen molar-refractivity contribution in [3.63, 3.8) is 0 Å². The first-order chi connectivity index (χ1) is 8.49. The van der Waals surface area contributed by atoms with Gasteiger partial charge in [0.15, 0.2) is 0 Å². The molecule has 1 unspecified atom stereocenters. The van der Waals surface area contributed by atoms with Crippen LogP contribution in [0.5, 0.6) is 0 Å². The molecule has 1 amide bonds. The molecule has 0 saturated heterocycles. The van der Waals surface area contributed by atoms with Crippen molar-refractivity contribution in [3.8, 4) is 0 Å². The van der Waals surface area contributed by atoms with Gasteiger partial charge >= 0.3 is 5.97 Å². The number of halogens is 1. The molecule has 0 aliphatic heterocycles.